The number of hydrogen-bond donors (Lipinski definition) is 0. The summed E-state index contributed by atoms with van der Waals surface area (Å²) >= 11 is 0. The highest BCUT2D eigenvalue weighted by Crippen LogP contribution is 2.26. The van der Waals surface area contributed by atoms with Crippen LogP contribution in [0.15, 0.2) is 29.2 Å². The summed E-state index contributed by atoms with van der Waals surface area (Å²) in [5, 5.41) is 0. The van der Waals surface area contributed by atoms with Crippen molar-refractivity contribution in [2.75, 3.05) is 24.5 Å². The van der Waals surface area contributed by atoms with Gasteiger partial charge in [-0.2, -0.15) is 4.31 Å². The fourth-order valence-corrected chi connectivity index (χ4v) is 4.99. The topological polar surface area (TPSA) is 57.7 Å². The standard InChI is InChI=1S/C17H24N2O3S/c1-14-5-4-11-18(13-14)23(21,22)16-9-7-15(8-10-16)19-12-3-2-6-17(19)20/h7-10,14H,2-6,11-13H2,1H3. The Morgan fingerprint density at radius 3 is 2.43 bits per heavy atom. The lowest BCUT2D eigenvalue weighted by molar-refractivity contribution is -0.119. The van der Waals surface area contributed by atoms with Crippen LogP contribution in [0.2, 0.25) is 0 Å². The number of sulfonamides is 1. The lowest BCUT2D eigenvalue weighted by Crippen LogP contribution is -2.39. The van der Waals surface area contributed by atoms with Crippen molar-refractivity contribution in [3.05, 3.63) is 24.3 Å². The highest BCUT2D eigenvalue weighted by Gasteiger charge is 2.29. The van der Waals surface area contributed by atoms with Crippen molar-refractivity contribution in [1.82, 2.24) is 4.31 Å². The number of carbonyl (C=O) groups is 1. The molecule has 0 bridgehead atoms. The lowest BCUT2D eigenvalue weighted by atomic mass is 10.0. The summed E-state index contributed by atoms with van der Waals surface area (Å²) in [6, 6.07) is 6.77. The number of amides is 1. The van der Waals surface area contributed by atoms with Crippen LogP contribution in [0.1, 0.15) is 39.0 Å². The smallest absolute Gasteiger partial charge is 0.243 e. The molecule has 0 radical (unpaired) electrons. The molecule has 0 aliphatic carbocycles. The van der Waals surface area contributed by atoms with Gasteiger partial charge in [0.05, 0.1) is 4.90 Å². The Morgan fingerprint density at radius 2 is 1.78 bits per heavy atom. The van der Waals surface area contributed by atoms with E-state index in [1.807, 2.05) is 0 Å². The number of rotatable bonds is 3. The number of anilines is 1. The molecule has 1 aromatic carbocycles. The van der Waals surface area contributed by atoms with E-state index >= 15 is 0 Å². The number of benzene rings is 1. The number of carbonyl (C=O) groups excluding carboxylic acids is 1. The van der Waals surface area contributed by atoms with Crippen LogP contribution in [-0.2, 0) is 14.8 Å². The minimum Gasteiger partial charge on any atom is -0.312 e. The molecule has 1 aromatic rings. The lowest BCUT2D eigenvalue weighted by Gasteiger charge is -2.30. The Morgan fingerprint density at radius 1 is 1.04 bits per heavy atom. The van der Waals surface area contributed by atoms with Crippen molar-refractivity contribution in [2.24, 2.45) is 5.92 Å². The molecule has 2 fully saturated rings. The molecule has 0 aromatic heterocycles. The van der Waals surface area contributed by atoms with E-state index in [2.05, 4.69) is 6.92 Å². The number of nitrogens with zero attached hydrogens (tertiary/aromatic N) is 2. The van der Waals surface area contributed by atoms with Crippen LogP contribution >= 0.6 is 0 Å². The highest BCUT2D eigenvalue weighted by atomic mass is 32.2. The normalized spacial score (nSPS) is 24.0. The molecular weight excluding hydrogens is 312 g/mol. The monoisotopic (exact) mass is 336 g/mol. The third-order valence-corrected chi connectivity index (χ3v) is 6.61. The van der Waals surface area contributed by atoms with Crippen LogP contribution in [0.4, 0.5) is 5.69 Å². The fraction of sp³-hybridized carbons (Fsp3) is 0.588. The number of piperidine rings is 2. The molecule has 3 rings (SSSR count). The predicted octanol–water partition coefficient (Wildman–Crippen LogP) is 2.62. The van der Waals surface area contributed by atoms with E-state index in [0.29, 0.717) is 36.9 Å². The Kier molecular flexibility index (Phi) is 4.73. The second-order valence-electron chi connectivity index (χ2n) is 6.61. The van der Waals surface area contributed by atoms with Gasteiger partial charge in [0.25, 0.3) is 0 Å². The van der Waals surface area contributed by atoms with Crippen LogP contribution in [0.5, 0.6) is 0 Å². The summed E-state index contributed by atoms with van der Waals surface area (Å²) in [6.07, 6.45) is 4.51. The Hall–Kier alpha value is -1.40. The minimum atomic E-state index is -3.43. The van der Waals surface area contributed by atoms with E-state index in [0.717, 1.165) is 31.4 Å². The molecule has 2 aliphatic rings. The summed E-state index contributed by atoms with van der Waals surface area (Å²) in [5.74, 6) is 0.528. The summed E-state index contributed by atoms with van der Waals surface area (Å²) < 4.78 is 27.0. The van der Waals surface area contributed by atoms with Gasteiger partial charge in [0.2, 0.25) is 15.9 Å². The van der Waals surface area contributed by atoms with Crippen LogP contribution in [0, 0.1) is 5.92 Å². The Bertz CT molecular complexity index is 670. The third-order valence-electron chi connectivity index (χ3n) is 4.73. The highest BCUT2D eigenvalue weighted by molar-refractivity contribution is 7.89. The first-order valence-electron chi connectivity index (χ1n) is 8.39. The summed E-state index contributed by atoms with van der Waals surface area (Å²) in [7, 11) is -3.43. The quantitative estimate of drug-likeness (QED) is 0.852. The Balaban J connectivity index is 1.79. The molecule has 1 amide bonds. The molecule has 2 heterocycles. The van der Waals surface area contributed by atoms with Gasteiger partial charge in [-0.05, 0) is 55.9 Å². The summed E-state index contributed by atoms with van der Waals surface area (Å²) in [4.78, 5) is 14.0. The van der Waals surface area contributed by atoms with Gasteiger partial charge in [0.15, 0.2) is 0 Å². The van der Waals surface area contributed by atoms with Crippen molar-refractivity contribution in [1.29, 1.82) is 0 Å². The van der Waals surface area contributed by atoms with E-state index in [1.54, 1.807) is 33.5 Å². The minimum absolute atomic E-state index is 0.122. The molecule has 126 valence electrons. The maximum absolute atomic E-state index is 12.7. The molecule has 0 spiro atoms. The van der Waals surface area contributed by atoms with E-state index < -0.39 is 10.0 Å². The average molecular weight is 336 g/mol. The van der Waals surface area contributed by atoms with Crippen LogP contribution in [0.25, 0.3) is 0 Å². The van der Waals surface area contributed by atoms with Crippen LogP contribution in [-0.4, -0.2) is 38.3 Å². The molecule has 0 saturated carbocycles. The van der Waals surface area contributed by atoms with Gasteiger partial charge in [-0.3, -0.25) is 4.79 Å². The zero-order valence-corrected chi connectivity index (χ0v) is 14.4. The first-order chi connectivity index (χ1) is 11.0. The second kappa shape index (κ2) is 6.61. The predicted molar refractivity (Wildman–Crippen MR) is 89.8 cm³/mol. The molecule has 1 atom stereocenters. The van der Waals surface area contributed by atoms with Gasteiger partial charge in [-0.25, -0.2) is 8.42 Å². The van der Waals surface area contributed by atoms with Gasteiger partial charge in [-0.1, -0.05) is 6.92 Å². The zero-order valence-electron chi connectivity index (χ0n) is 13.6. The van der Waals surface area contributed by atoms with Gasteiger partial charge in [0, 0.05) is 31.7 Å². The van der Waals surface area contributed by atoms with Gasteiger partial charge in [0.1, 0.15) is 0 Å². The summed E-state index contributed by atoms with van der Waals surface area (Å²) in [5.41, 5.74) is 0.792. The Labute approximate surface area is 138 Å². The largest absolute Gasteiger partial charge is 0.312 e. The first kappa shape index (κ1) is 16.5. The number of hydrogen-bond acceptors (Lipinski definition) is 3. The molecule has 23 heavy (non-hydrogen) atoms. The van der Waals surface area contributed by atoms with Crippen molar-refractivity contribution >= 4 is 21.6 Å². The van der Waals surface area contributed by atoms with Gasteiger partial charge < -0.3 is 4.90 Å². The first-order valence-corrected chi connectivity index (χ1v) is 9.83. The molecule has 6 heteroatoms. The second-order valence-corrected chi connectivity index (χ2v) is 8.54. The van der Waals surface area contributed by atoms with Crippen LogP contribution in [0.3, 0.4) is 0 Å². The van der Waals surface area contributed by atoms with Crippen molar-refractivity contribution in [3.63, 3.8) is 0 Å². The average Bonchev–Trinajstić information content (AvgIpc) is 2.55. The van der Waals surface area contributed by atoms with Crippen molar-refractivity contribution in [2.45, 2.75) is 43.9 Å². The molecule has 5 nitrogen and oxygen atoms in total. The molecular formula is C17H24N2O3S. The van der Waals surface area contributed by atoms with Crippen molar-refractivity contribution in [3.8, 4) is 0 Å². The summed E-state index contributed by atoms with van der Waals surface area (Å²) in [6.45, 7) is 4.00. The molecule has 1 unspecified atom stereocenters. The van der Waals surface area contributed by atoms with E-state index in [1.165, 1.54) is 0 Å². The van der Waals surface area contributed by atoms with Crippen molar-refractivity contribution < 1.29 is 13.2 Å². The van der Waals surface area contributed by atoms with E-state index in [4.69, 9.17) is 0 Å². The van der Waals surface area contributed by atoms with Gasteiger partial charge in [-0.15, -0.1) is 0 Å². The maximum Gasteiger partial charge on any atom is 0.243 e. The molecule has 2 saturated heterocycles. The third kappa shape index (κ3) is 3.43. The SMILES string of the molecule is CC1CCCN(S(=O)(=O)c2ccc(N3CCCCC3=O)cc2)C1. The van der Waals surface area contributed by atoms with E-state index in [9.17, 15) is 13.2 Å². The maximum atomic E-state index is 12.7. The zero-order chi connectivity index (χ0) is 16.4. The fourth-order valence-electron chi connectivity index (χ4n) is 3.39. The van der Waals surface area contributed by atoms with Gasteiger partial charge >= 0.3 is 0 Å². The molecule has 0 N–H and O–H groups in total. The van der Waals surface area contributed by atoms with E-state index in [-0.39, 0.29) is 5.91 Å². The van der Waals surface area contributed by atoms with Crippen LogP contribution < -0.4 is 4.90 Å². The molecule has 2 aliphatic heterocycles.